The number of carboxylic acid groups (broad SMARTS) is 4. The van der Waals surface area contributed by atoms with Crippen LogP contribution >= 0.6 is 17.0 Å². The van der Waals surface area contributed by atoms with Gasteiger partial charge in [0.25, 0.3) is 0 Å². The average Bonchev–Trinajstić information content (AvgIpc) is 3.67. The minimum atomic E-state index is -2.38. The predicted octanol–water partition coefficient (Wildman–Crippen LogP) is 4.44. The Hall–Kier alpha value is -1.92. The number of halogens is 1. The molecular formula is C43H84BrN3O12. The number of rotatable bonds is 29. The zero-order chi connectivity index (χ0) is 44.3. The second kappa shape index (κ2) is 33.7. The number of carbonyl (C=O) groups excluding carboxylic acids is 1. The van der Waals surface area contributed by atoms with Crippen molar-refractivity contribution in [2.24, 2.45) is 0 Å². The van der Waals surface area contributed by atoms with E-state index in [1.54, 1.807) is 0 Å². The van der Waals surface area contributed by atoms with Crippen molar-refractivity contribution in [3.8, 4) is 0 Å². The fourth-order valence-corrected chi connectivity index (χ4v) is 8.21. The molecule has 350 valence electrons. The molecule has 2 fully saturated rings. The molecule has 2 aliphatic rings. The maximum Gasteiger partial charge on any atom is 0.335 e. The Kier molecular flexibility index (Phi) is 33.8. The molecule has 7 N–H and O–H groups in total. The maximum absolute atomic E-state index is 9.77. The van der Waals surface area contributed by atoms with E-state index in [4.69, 9.17) is 35.7 Å². The number of carbonyl (C=O) groups is 4. The molecule has 8 unspecified atom stereocenters. The molecule has 0 aromatic rings. The van der Waals surface area contributed by atoms with Gasteiger partial charge in [-0.25, -0.2) is 14.4 Å². The van der Waals surface area contributed by atoms with Gasteiger partial charge in [0.15, 0.2) is 18.3 Å². The van der Waals surface area contributed by atoms with E-state index < -0.39 is 48.3 Å². The topological polar surface area (TPSA) is 239 Å². The van der Waals surface area contributed by atoms with E-state index in [0.29, 0.717) is 0 Å². The number of hydrogen-bond acceptors (Lipinski definition) is 11. The Labute approximate surface area is 365 Å². The van der Waals surface area contributed by atoms with Gasteiger partial charge >= 0.3 is 17.9 Å². The lowest BCUT2D eigenvalue weighted by Gasteiger charge is -2.37. The number of carboxylic acids is 4. The standard InChI is InChI=1S/C35H72N3.2C4H6O6.BrH/c1-7-8-9-10-11-12-13-14-15-16-17-18-19-20-29-38(6,30-21-27-36-32(2)23-24-33(36)3)31-22-28-37-34(4)25-26-35(37)5;2*5-1(3(7)8)2(6)4(9)10;/h32-35H,7-31H2,1-6H3;2*1-2,5-6H,(H,7,8)(H,9,10);1H/q+1;;;/p-1. The first-order valence-electron chi connectivity index (χ1n) is 22.3. The van der Waals surface area contributed by atoms with Crippen molar-refractivity contribution in [1.29, 1.82) is 0 Å². The van der Waals surface area contributed by atoms with Crippen molar-refractivity contribution >= 4 is 40.9 Å². The molecule has 0 radical (unpaired) electrons. The molecule has 0 aromatic heterocycles. The van der Waals surface area contributed by atoms with Gasteiger partial charge in [0, 0.05) is 50.1 Å². The van der Waals surface area contributed by atoms with E-state index in [0.717, 1.165) is 24.2 Å². The highest BCUT2D eigenvalue weighted by Gasteiger charge is 2.31. The van der Waals surface area contributed by atoms with Crippen molar-refractivity contribution in [2.45, 2.75) is 212 Å². The van der Waals surface area contributed by atoms with E-state index in [1.165, 1.54) is 166 Å². The molecule has 2 heterocycles. The van der Waals surface area contributed by atoms with Crippen LogP contribution < -0.4 is 5.11 Å². The molecule has 8 atom stereocenters. The summed E-state index contributed by atoms with van der Waals surface area (Å²) in [5, 5.41) is 66.7. The summed E-state index contributed by atoms with van der Waals surface area (Å²) < 4.78 is 1.31. The van der Waals surface area contributed by atoms with Gasteiger partial charge in [-0.2, -0.15) is 0 Å². The molecule has 0 aromatic carbocycles. The Morgan fingerprint density at radius 1 is 0.508 bits per heavy atom. The van der Waals surface area contributed by atoms with Crippen molar-refractivity contribution in [3.63, 3.8) is 0 Å². The number of hydrogen-bond donors (Lipinski definition) is 7. The molecule has 0 saturated carbocycles. The molecule has 0 amide bonds. The van der Waals surface area contributed by atoms with Crippen LogP contribution in [0.4, 0.5) is 0 Å². The number of unbranched alkanes of at least 4 members (excludes halogenated alkanes) is 13. The Bertz CT molecular complexity index is 1020. The highest BCUT2D eigenvalue weighted by molar-refractivity contribution is 8.93. The van der Waals surface area contributed by atoms with Gasteiger partial charge in [-0.05, 0) is 66.2 Å². The summed E-state index contributed by atoms with van der Waals surface area (Å²) in [6, 6.07) is 3.20. The minimum Gasteiger partial charge on any atom is -0.547 e. The zero-order valence-corrected chi connectivity index (χ0v) is 38.9. The summed E-state index contributed by atoms with van der Waals surface area (Å²) >= 11 is 0. The lowest BCUT2D eigenvalue weighted by Crippen LogP contribution is -2.48. The van der Waals surface area contributed by atoms with Gasteiger partial charge in [-0.3, -0.25) is 9.80 Å². The van der Waals surface area contributed by atoms with Crippen LogP contribution in [0.3, 0.4) is 0 Å². The molecule has 2 saturated heterocycles. The maximum atomic E-state index is 9.77. The molecule has 0 aliphatic carbocycles. The van der Waals surface area contributed by atoms with Crippen LogP contribution in [0.1, 0.15) is 163 Å². The Morgan fingerprint density at radius 3 is 1.02 bits per heavy atom. The number of aliphatic hydroxyl groups is 4. The van der Waals surface area contributed by atoms with Crippen LogP contribution in [-0.4, -0.2) is 162 Å². The lowest BCUT2D eigenvalue weighted by molar-refractivity contribution is -0.910. The fourth-order valence-electron chi connectivity index (χ4n) is 8.21. The van der Waals surface area contributed by atoms with Gasteiger partial charge in [0.1, 0.15) is 6.10 Å². The average molecular weight is 915 g/mol. The SMILES string of the molecule is Br.CCCCCCCCCCCCCCCC[N+](C)(CCCN1C(C)CCC1C)CCCN1C(C)CCC1C.O=C(O)C(O)C(O)C(=O)O.O=C([O-])C(O)C(O)C(=O)O. The third kappa shape index (κ3) is 26.2. The van der Waals surface area contributed by atoms with E-state index >= 15 is 0 Å². The number of likely N-dealkylation sites (tertiary alicyclic amines) is 2. The fraction of sp³-hybridized carbons (Fsp3) is 0.907. The summed E-state index contributed by atoms with van der Waals surface area (Å²) in [6.07, 6.45) is 19.5. The summed E-state index contributed by atoms with van der Waals surface area (Å²) in [5.41, 5.74) is 0. The molecule has 15 nitrogen and oxygen atoms in total. The largest absolute Gasteiger partial charge is 0.547 e. The van der Waals surface area contributed by atoms with Crippen LogP contribution in [0.2, 0.25) is 0 Å². The summed E-state index contributed by atoms with van der Waals surface area (Å²) in [4.78, 5) is 44.5. The van der Waals surface area contributed by atoms with Crippen LogP contribution in [0.15, 0.2) is 0 Å². The first-order valence-corrected chi connectivity index (χ1v) is 22.3. The lowest BCUT2D eigenvalue weighted by atomic mass is 10.0. The molecule has 0 spiro atoms. The zero-order valence-electron chi connectivity index (χ0n) is 37.2. The number of quaternary nitrogens is 1. The summed E-state index contributed by atoms with van der Waals surface area (Å²) in [5.74, 6) is -7.36. The van der Waals surface area contributed by atoms with Gasteiger partial charge in [0.2, 0.25) is 0 Å². The smallest absolute Gasteiger partial charge is 0.335 e. The first-order chi connectivity index (χ1) is 27.3. The molecule has 0 bridgehead atoms. The Morgan fingerprint density at radius 2 is 0.763 bits per heavy atom. The van der Waals surface area contributed by atoms with E-state index in [1.807, 2.05) is 0 Å². The number of aliphatic carboxylic acids is 4. The first kappa shape index (κ1) is 59.2. The van der Waals surface area contributed by atoms with Crippen LogP contribution in [0.25, 0.3) is 0 Å². The number of nitrogens with zero attached hydrogens (tertiary/aromatic N) is 3. The second-order valence-corrected chi connectivity index (χ2v) is 17.2. The van der Waals surface area contributed by atoms with Gasteiger partial charge in [-0.15, -0.1) is 17.0 Å². The van der Waals surface area contributed by atoms with Crippen LogP contribution in [0.5, 0.6) is 0 Å². The van der Waals surface area contributed by atoms with Gasteiger partial charge in [0.05, 0.1) is 32.7 Å². The highest BCUT2D eigenvalue weighted by Crippen LogP contribution is 2.25. The molecule has 2 rings (SSSR count). The predicted molar refractivity (Wildman–Crippen MR) is 232 cm³/mol. The quantitative estimate of drug-likeness (QED) is 0.0406. The van der Waals surface area contributed by atoms with Crippen molar-refractivity contribution in [1.82, 2.24) is 9.80 Å². The van der Waals surface area contributed by atoms with Gasteiger partial charge < -0.3 is 50.1 Å². The van der Waals surface area contributed by atoms with E-state index in [2.05, 4.69) is 51.5 Å². The summed E-state index contributed by atoms with van der Waals surface area (Å²) in [6.45, 7) is 18.9. The monoisotopic (exact) mass is 914 g/mol. The highest BCUT2D eigenvalue weighted by atomic mass is 79.9. The van der Waals surface area contributed by atoms with Crippen LogP contribution in [0, 0.1) is 0 Å². The normalized spacial score (nSPS) is 22.3. The Balaban J connectivity index is 0. The minimum absolute atomic E-state index is 0. The molecule has 59 heavy (non-hydrogen) atoms. The second-order valence-electron chi connectivity index (χ2n) is 17.2. The van der Waals surface area contributed by atoms with E-state index in [-0.39, 0.29) is 17.0 Å². The van der Waals surface area contributed by atoms with Crippen molar-refractivity contribution in [2.75, 3.05) is 39.8 Å². The van der Waals surface area contributed by atoms with Crippen molar-refractivity contribution < 1.29 is 64.5 Å². The van der Waals surface area contributed by atoms with Crippen LogP contribution in [-0.2, 0) is 19.2 Å². The van der Waals surface area contributed by atoms with Crippen molar-refractivity contribution in [3.05, 3.63) is 0 Å². The van der Waals surface area contributed by atoms with E-state index in [9.17, 15) is 24.3 Å². The molecule has 2 aliphatic heterocycles. The third-order valence-electron chi connectivity index (χ3n) is 12.1. The number of aliphatic hydroxyl groups excluding tert-OH is 4. The third-order valence-corrected chi connectivity index (χ3v) is 12.1. The van der Waals surface area contributed by atoms with Gasteiger partial charge in [-0.1, -0.05) is 84.0 Å². The summed E-state index contributed by atoms with van der Waals surface area (Å²) in [7, 11) is 2.59. The molecular weight excluding hydrogens is 830 g/mol. The molecule has 16 heteroatoms.